The van der Waals surface area contributed by atoms with Crippen LogP contribution in [0.2, 0.25) is 5.02 Å². The van der Waals surface area contributed by atoms with Gasteiger partial charge in [-0.3, -0.25) is 4.79 Å². The molecule has 4 aromatic carbocycles. The summed E-state index contributed by atoms with van der Waals surface area (Å²) in [6.07, 6.45) is 1.86. The van der Waals surface area contributed by atoms with Crippen molar-refractivity contribution in [3.63, 3.8) is 0 Å². The summed E-state index contributed by atoms with van der Waals surface area (Å²) in [4.78, 5) is 26.9. The third kappa shape index (κ3) is 6.81. The second-order valence-corrected chi connectivity index (χ2v) is 13.1. The van der Waals surface area contributed by atoms with Crippen LogP contribution in [0.15, 0.2) is 78.9 Å². The summed E-state index contributed by atoms with van der Waals surface area (Å²) in [6.45, 7) is 7.27. The molecular weight excluding hydrogens is 616 g/mol. The molecule has 0 radical (unpaired) electrons. The number of carbonyl (C=O) groups is 2. The number of esters is 1. The largest absolute Gasteiger partial charge is 0.497 e. The minimum absolute atomic E-state index is 0.0405. The van der Waals surface area contributed by atoms with E-state index in [1.54, 1.807) is 81.1 Å². The number of aryl methyl sites for hydroxylation is 2. The molecule has 10 heteroatoms. The van der Waals surface area contributed by atoms with Crippen molar-refractivity contribution in [2.24, 2.45) is 0 Å². The molecule has 1 heterocycles. The second kappa shape index (κ2) is 13.1. The van der Waals surface area contributed by atoms with Crippen LogP contribution in [-0.2, 0) is 16.0 Å². The van der Waals surface area contributed by atoms with Gasteiger partial charge in [0.15, 0.2) is 0 Å². The molecule has 0 aliphatic heterocycles. The first kappa shape index (κ1) is 32.1. The molecule has 0 saturated heterocycles. The Morgan fingerprint density at radius 2 is 1.81 bits per heavy atom. The summed E-state index contributed by atoms with van der Waals surface area (Å²) in [5.74, 6) is 0.246. The minimum atomic E-state index is -1.08. The van der Waals surface area contributed by atoms with Crippen molar-refractivity contribution in [3.8, 4) is 17.2 Å². The predicted molar refractivity (Wildman–Crippen MR) is 180 cm³/mol. The zero-order valence-corrected chi connectivity index (χ0v) is 27.8. The first-order valence-corrected chi connectivity index (χ1v) is 16.0. The average molecular weight is 653 g/mol. The molecule has 47 heavy (non-hydrogen) atoms. The van der Waals surface area contributed by atoms with Crippen LogP contribution in [0.3, 0.4) is 0 Å². The first-order chi connectivity index (χ1) is 22.5. The highest BCUT2D eigenvalue weighted by Crippen LogP contribution is 2.34. The average Bonchev–Trinajstić information content (AvgIpc) is 3.48. The molecule has 1 N–H and O–H groups in total. The van der Waals surface area contributed by atoms with E-state index >= 15 is 0 Å². The highest BCUT2D eigenvalue weighted by Gasteiger charge is 2.30. The van der Waals surface area contributed by atoms with Crippen molar-refractivity contribution >= 4 is 34.5 Å². The van der Waals surface area contributed by atoms with E-state index in [-0.39, 0.29) is 11.9 Å². The molecular formula is C37H37ClN4O5. The molecule has 0 spiro atoms. The van der Waals surface area contributed by atoms with Gasteiger partial charge in [0.05, 0.1) is 29.4 Å². The van der Waals surface area contributed by atoms with Gasteiger partial charge < -0.3 is 19.5 Å². The molecule has 242 valence electrons. The Morgan fingerprint density at radius 3 is 2.60 bits per heavy atom. The molecule has 2 unspecified atom stereocenters. The molecule has 1 amide bonds. The van der Waals surface area contributed by atoms with Crippen LogP contribution in [-0.4, -0.2) is 39.6 Å². The number of halogens is 1. The van der Waals surface area contributed by atoms with Gasteiger partial charge in [0, 0.05) is 17.2 Å². The number of nitrogens with one attached hydrogen (secondary N) is 1. The van der Waals surface area contributed by atoms with Crippen LogP contribution in [0, 0.1) is 6.92 Å². The van der Waals surface area contributed by atoms with Crippen molar-refractivity contribution in [2.75, 3.05) is 7.11 Å². The molecule has 1 aliphatic rings. The van der Waals surface area contributed by atoms with Gasteiger partial charge in [-0.15, -0.1) is 5.10 Å². The van der Waals surface area contributed by atoms with Gasteiger partial charge in [-0.25, -0.2) is 9.48 Å². The lowest BCUT2D eigenvalue weighted by atomic mass is 9.87. The monoisotopic (exact) mass is 652 g/mol. The van der Waals surface area contributed by atoms with Gasteiger partial charge in [0.2, 0.25) is 6.10 Å². The molecule has 1 aromatic heterocycles. The van der Waals surface area contributed by atoms with Gasteiger partial charge in [0.25, 0.3) is 5.91 Å². The van der Waals surface area contributed by atoms with E-state index in [1.807, 2.05) is 25.1 Å². The van der Waals surface area contributed by atoms with Gasteiger partial charge in [-0.05, 0) is 100 Å². The lowest BCUT2D eigenvalue weighted by molar-refractivity contribution is -0.163. The van der Waals surface area contributed by atoms with Gasteiger partial charge >= 0.3 is 5.97 Å². The zero-order valence-electron chi connectivity index (χ0n) is 27.0. The Balaban J connectivity index is 1.30. The van der Waals surface area contributed by atoms with Gasteiger partial charge in [0.1, 0.15) is 22.6 Å². The predicted octanol–water partition coefficient (Wildman–Crippen LogP) is 7.66. The molecule has 2 atom stereocenters. The molecule has 0 fully saturated rings. The first-order valence-electron chi connectivity index (χ1n) is 15.6. The van der Waals surface area contributed by atoms with Crippen molar-refractivity contribution in [1.82, 2.24) is 20.3 Å². The Labute approximate surface area is 278 Å². The van der Waals surface area contributed by atoms with Crippen LogP contribution >= 0.6 is 11.6 Å². The lowest BCUT2D eigenvalue weighted by Crippen LogP contribution is -2.31. The number of methoxy groups -OCH3 is 1. The topological polar surface area (TPSA) is 105 Å². The fourth-order valence-corrected chi connectivity index (χ4v) is 6.16. The van der Waals surface area contributed by atoms with Crippen molar-refractivity contribution in [1.29, 1.82) is 0 Å². The summed E-state index contributed by atoms with van der Waals surface area (Å²) in [5.41, 5.74) is 5.28. The van der Waals surface area contributed by atoms with Crippen molar-refractivity contribution < 1.29 is 23.8 Å². The Bertz CT molecular complexity index is 1960. The maximum absolute atomic E-state index is 13.5. The SMILES string of the molecule is COc1cccc(C(Oc2ccc(Cl)c(-n3nnc4c(C)c(C(=O)NC5CCCc6ccccc65)ccc43)c2)C(=O)OC(C)(C)C)c1. The second-order valence-electron chi connectivity index (χ2n) is 12.6. The standard InChI is InChI=1S/C37H37ClN4O5/c1-22-27(35(43)39-30-15-9-11-23-10-6-7-14-28(23)30)17-19-31-33(22)40-41-42(31)32-21-26(16-18-29(32)38)46-34(36(44)47-37(2,3)4)24-12-8-13-25(20-24)45-5/h6-8,10,12-14,16-21,30,34H,9,11,15H2,1-5H3,(H,39,43). The number of nitrogens with zero attached hydrogens (tertiary/aromatic N) is 3. The third-order valence-corrected chi connectivity index (χ3v) is 8.53. The number of amides is 1. The lowest BCUT2D eigenvalue weighted by Gasteiger charge is -2.26. The van der Waals surface area contributed by atoms with Crippen LogP contribution in [0.25, 0.3) is 16.7 Å². The van der Waals surface area contributed by atoms with E-state index in [0.29, 0.717) is 49.9 Å². The Morgan fingerprint density at radius 1 is 1.00 bits per heavy atom. The zero-order chi connectivity index (χ0) is 33.3. The van der Waals surface area contributed by atoms with E-state index in [0.717, 1.165) is 19.3 Å². The Hall–Kier alpha value is -4.89. The van der Waals surface area contributed by atoms with E-state index in [1.165, 1.54) is 11.1 Å². The number of aromatic nitrogens is 3. The maximum atomic E-state index is 13.5. The fourth-order valence-electron chi connectivity index (χ4n) is 5.96. The highest BCUT2D eigenvalue weighted by molar-refractivity contribution is 6.32. The Kier molecular flexibility index (Phi) is 8.92. The van der Waals surface area contributed by atoms with Crippen molar-refractivity contribution in [3.05, 3.63) is 112 Å². The number of fused-ring (bicyclic) bond motifs is 2. The summed E-state index contributed by atoms with van der Waals surface area (Å²) in [7, 11) is 1.56. The number of ether oxygens (including phenoxy) is 3. The fraction of sp³-hybridized carbons (Fsp3) is 0.297. The van der Waals surface area contributed by atoms with E-state index in [4.69, 9.17) is 25.8 Å². The number of rotatable bonds is 8. The number of hydrogen-bond acceptors (Lipinski definition) is 7. The van der Waals surface area contributed by atoms with Crippen LogP contribution in [0.4, 0.5) is 0 Å². The molecule has 1 aliphatic carbocycles. The van der Waals surface area contributed by atoms with Gasteiger partial charge in [-0.1, -0.05) is 53.2 Å². The van der Waals surface area contributed by atoms with Crippen molar-refractivity contribution in [2.45, 2.75) is 64.7 Å². The van der Waals surface area contributed by atoms with E-state index in [2.05, 4.69) is 27.8 Å². The summed E-state index contributed by atoms with van der Waals surface area (Å²) >= 11 is 6.69. The quantitative estimate of drug-likeness (QED) is 0.172. The van der Waals surface area contributed by atoms with Crippen LogP contribution < -0.4 is 14.8 Å². The van der Waals surface area contributed by atoms with Gasteiger partial charge in [-0.2, -0.15) is 0 Å². The van der Waals surface area contributed by atoms with E-state index in [9.17, 15) is 9.59 Å². The summed E-state index contributed by atoms with van der Waals surface area (Å²) in [6, 6.07) is 24.0. The van der Waals surface area contributed by atoms with E-state index < -0.39 is 17.7 Å². The normalized spacial score (nSPS) is 15.1. The number of hydrogen-bond donors (Lipinski definition) is 1. The molecule has 6 rings (SSSR count). The summed E-state index contributed by atoms with van der Waals surface area (Å²) in [5, 5.41) is 12.5. The maximum Gasteiger partial charge on any atom is 0.352 e. The minimum Gasteiger partial charge on any atom is -0.497 e. The molecule has 0 saturated carbocycles. The number of carbonyl (C=O) groups excluding carboxylic acids is 2. The highest BCUT2D eigenvalue weighted by atomic mass is 35.5. The smallest absolute Gasteiger partial charge is 0.352 e. The molecule has 5 aromatic rings. The third-order valence-electron chi connectivity index (χ3n) is 8.21. The van der Waals surface area contributed by atoms with Crippen LogP contribution in [0.5, 0.6) is 11.5 Å². The molecule has 0 bridgehead atoms. The molecule has 9 nitrogen and oxygen atoms in total. The number of benzene rings is 4. The van der Waals surface area contributed by atoms with Crippen LogP contribution in [0.1, 0.15) is 78.4 Å². The summed E-state index contributed by atoms with van der Waals surface area (Å²) < 4.78 is 19.0.